The molecule has 6 nitrogen and oxygen atoms in total. The highest BCUT2D eigenvalue weighted by Crippen LogP contribution is 2.27. The molecule has 0 amide bonds. The minimum absolute atomic E-state index is 0.368. The average Bonchev–Trinajstić information content (AvgIpc) is 2.75. The van der Waals surface area contributed by atoms with Gasteiger partial charge in [-0.2, -0.15) is 8.61 Å². The summed E-state index contributed by atoms with van der Waals surface area (Å²) < 4.78 is 57.8. The van der Waals surface area contributed by atoms with Crippen molar-refractivity contribution in [3.8, 4) is 0 Å². The summed E-state index contributed by atoms with van der Waals surface area (Å²) in [5.74, 6) is 0. The molecule has 0 aliphatic carbocycles. The van der Waals surface area contributed by atoms with E-state index in [1.165, 1.54) is 0 Å². The van der Waals surface area contributed by atoms with E-state index < -0.39 is 20.0 Å². The molecule has 37 heavy (non-hydrogen) atoms. The first-order valence-electron chi connectivity index (χ1n) is 13.4. The van der Waals surface area contributed by atoms with Crippen LogP contribution in [0.2, 0.25) is 0 Å². The lowest BCUT2D eigenvalue weighted by molar-refractivity contribution is 0.364. The Morgan fingerprint density at radius 1 is 0.514 bits per heavy atom. The maximum absolute atomic E-state index is 13.7. The normalized spacial score (nSPS) is 12.6. The molecule has 0 saturated carbocycles. The van der Waals surface area contributed by atoms with Crippen LogP contribution in [0.1, 0.15) is 79.3 Å². The molecule has 0 aromatic heterocycles. The summed E-state index contributed by atoms with van der Waals surface area (Å²) in [5, 5.41) is 0. The van der Waals surface area contributed by atoms with Gasteiger partial charge in [-0.1, -0.05) is 55.7 Å². The van der Waals surface area contributed by atoms with Crippen LogP contribution in [0.5, 0.6) is 0 Å². The van der Waals surface area contributed by atoms with Crippen LogP contribution >= 0.6 is 0 Å². The highest BCUT2D eigenvalue weighted by atomic mass is 32.2. The van der Waals surface area contributed by atoms with Gasteiger partial charge in [0.25, 0.3) is 0 Å². The highest BCUT2D eigenvalue weighted by Gasteiger charge is 2.29. The van der Waals surface area contributed by atoms with Gasteiger partial charge in [-0.05, 0) is 89.5 Å². The van der Waals surface area contributed by atoms with Crippen LogP contribution in [0.4, 0.5) is 0 Å². The number of unbranched alkanes of at least 4 members (excludes halogenated alkanes) is 2. The summed E-state index contributed by atoms with van der Waals surface area (Å²) in [6.07, 6.45) is 3.58. The van der Waals surface area contributed by atoms with E-state index in [-0.39, 0.29) is 0 Å². The summed E-state index contributed by atoms with van der Waals surface area (Å²) in [4.78, 5) is 0.790. The van der Waals surface area contributed by atoms with Gasteiger partial charge in [0.1, 0.15) is 0 Å². The number of sulfonamides is 2. The van der Waals surface area contributed by atoms with Crippen LogP contribution in [0.25, 0.3) is 0 Å². The van der Waals surface area contributed by atoms with Crippen molar-refractivity contribution in [3.05, 3.63) is 57.6 Å². The molecule has 0 aliphatic rings. The molecule has 208 valence electrons. The zero-order chi connectivity index (χ0) is 28.0. The van der Waals surface area contributed by atoms with E-state index >= 15 is 0 Å². The first-order valence-corrected chi connectivity index (χ1v) is 16.3. The molecule has 0 spiro atoms. The Bertz CT molecular complexity index is 1240. The van der Waals surface area contributed by atoms with Crippen molar-refractivity contribution < 1.29 is 16.8 Å². The largest absolute Gasteiger partial charge is 0.243 e. The second-order valence-electron chi connectivity index (χ2n) is 10.3. The third-order valence-corrected chi connectivity index (χ3v) is 11.1. The van der Waals surface area contributed by atoms with Crippen LogP contribution in [-0.4, -0.2) is 51.6 Å². The molecule has 0 saturated heterocycles. The Labute approximate surface area is 226 Å². The third-order valence-electron chi connectivity index (χ3n) is 6.70. The van der Waals surface area contributed by atoms with Gasteiger partial charge < -0.3 is 0 Å². The van der Waals surface area contributed by atoms with E-state index in [2.05, 4.69) is 6.92 Å². The van der Waals surface area contributed by atoms with Crippen molar-refractivity contribution in [1.82, 2.24) is 8.61 Å². The minimum Gasteiger partial charge on any atom is -0.207 e. The predicted octanol–water partition coefficient (Wildman–Crippen LogP) is 6.21. The number of aryl methyl sites for hydroxylation is 6. The molecule has 0 radical (unpaired) electrons. The van der Waals surface area contributed by atoms with Gasteiger partial charge in [-0.25, -0.2) is 16.8 Å². The monoisotopic (exact) mass is 550 g/mol. The van der Waals surface area contributed by atoms with Crippen LogP contribution in [-0.2, 0) is 20.0 Å². The number of hydrogen-bond acceptors (Lipinski definition) is 4. The molecule has 0 N–H and O–H groups in total. The van der Waals surface area contributed by atoms with Gasteiger partial charge in [-0.3, -0.25) is 0 Å². The fourth-order valence-electron chi connectivity index (χ4n) is 5.27. The van der Waals surface area contributed by atoms with Gasteiger partial charge >= 0.3 is 0 Å². The number of hydrogen-bond donors (Lipinski definition) is 0. The minimum atomic E-state index is -3.65. The van der Waals surface area contributed by atoms with Crippen molar-refractivity contribution in [2.24, 2.45) is 0 Å². The van der Waals surface area contributed by atoms with E-state index in [0.717, 1.165) is 46.2 Å². The maximum atomic E-state index is 13.7. The summed E-state index contributed by atoms with van der Waals surface area (Å²) >= 11 is 0. The lowest BCUT2D eigenvalue weighted by Gasteiger charge is -2.26. The van der Waals surface area contributed by atoms with Gasteiger partial charge in [0.2, 0.25) is 20.0 Å². The molecule has 0 heterocycles. The second kappa shape index (κ2) is 13.4. The molecule has 0 bridgehead atoms. The molecule has 2 aromatic rings. The first-order chi connectivity index (χ1) is 17.3. The van der Waals surface area contributed by atoms with E-state index in [4.69, 9.17) is 0 Å². The van der Waals surface area contributed by atoms with Gasteiger partial charge in [0.15, 0.2) is 0 Å². The third kappa shape index (κ3) is 7.65. The fourth-order valence-corrected chi connectivity index (χ4v) is 9.18. The Morgan fingerprint density at radius 3 is 1.16 bits per heavy atom. The average molecular weight is 551 g/mol. The van der Waals surface area contributed by atoms with Gasteiger partial charge in [0, 0.05) is 26.2 Å². The second-order valence-corrected chi connectivity index (χ2v) is 14.1. The van der Waals surface area contributed by atoms with Gasteiger partial charge in [-0.15, -0.1) is 0 Å². The van der Waals surface area contributed by atoms with Crippen molar-refractivity contribution in [1.29, 1.82) is 0 Å². The van der Waals surface area contributed by atoms with E-state index in [9.17, 15) is 16.8 Å². The summed E-state index contributed by atoms with van der Waals surface area (Å²) in [6.45, 7) is 17.0. The SMILES string of the molecule is CCCCN(CCCCN(CCC)S(=O)(=O)c1c(C)cc(C)cc1C)S(=O)(=O)c1c(C)cc(C)cc1C. The van der Waals surface area contributed by atoms with E-state index in [1.807, 2.05) is 72.7 Å². The quantitative estimate of drug-likeness (QED) is 0.262. The van der Waals surface area contributed by atoms with Crippen molar-refractivity contribution >= 4 is 20.0 Å². The van der Waals surface area contributed by atoms with Crippen molar-refractivity contribution in [2.45, 2.75) is 97.3 Å². The predicted molar refractivity (Wildman–Crippen MR) is 153 cm³/mol. The Morgan fingerprint density at radius 2 is 0.838 bits per heavy atom. The molecular weight excluding hydrogens is 504 g/mol. The van der Waals surface area contributed by atoms with Crippen molar-refractivity contribution in [3.63, 3.8) is 0 Å². The van der Waals surface area contributed by atoms with Crippen LogP contribution in [0.15, 0.2) is 34.1 Å². The van der Waals surface area contributed by atoms with Crippen LogP contribution in [0.3, 0.4) is 0 Å². The van der Waals surface area contributed by atoms with E-state index in [0.29, 0.717) is 55.2 Å². The molecular formula is C29H46N2O4S2. The standard InChI is InChI=1S/C29H46N2O4S2/c1-9-11-15-31(37(34,35)29-26(7)20-23(4)21-27(29)8)17-13-12-16-30(14-10-2)36(32,33)28-24(5)18-22(3)19-25(28)6/h18-21H,9-17H2,1-8H3. The van der Waals surface area contributed by atoms with Crippen LogP contribution in [0, 0.1) is 41.5 Å². The summed E-state index contributed by atoms with van der Waals surface area (Å²) in [7, 11) is -7.29. The molecule has 8 heteroatoms. The van der Waals surface area contributed by atoms with E-state index in [1.54, 1.807) is 8.61 Å². The Kier molecular flexibility index (Phi) is 11.4. The smallest absolute Gasteiger partial charge is 0.207 e. The van der Waals surface area contributed by atoms with Gasteiger partial charge in [0.05, 0.1) is 9.79 Å². The highest BCUT2D eigenvalue weighted by molar-refractivity contribution is 7.89. The zero-order valence-electron chi connectivity index (χ0n) is 24.0. The number of benzene rings is 2. The zero-order valence-corrected chi connectivity index (χ0v) is 25.7. The summed E-state index contributed by atoms with van der Waals surface area (Å²) in [6, 6.07) is 7.66. The fraction of sp³-hybridized carbons (Fsp3) is 0.586. The van der Waals surface area contributed by atoms with Crippen LogP contribution < -0.4 is 0 Å². The van der Waals surface area contributed by atoms with Crippen molar-refractivity contribution in [2.75, 3.05) is 26.2 Å². The number of rotatable bonds is 14. The molecule has 0 fully saturated rings. The lowest BCUT2D eigenvalue weighted by atomic mass is 10.1. The molecule has 2 rings (SSSR count). The lowest BCUT2D eigenvalue weighted by Crippen LogP contribution is -2.36. The maximum Gasteiger partial charge on any atom is 0.243 e. The molecule has 0 unspecified atom stereocenters. The Balaban J connectivity index is 2.22. The topological polar surface area (TPSA) is 74.8 Å². The number of nitrogens with zero attached hydrogens (tertiary/aromatic N) is 2. The Hall–Kier alpha value is -1.74. The molecule has 2 aromatic carbocycles. The molecule has 0 atom stereocenters. The first kappa shape index (κ1) is 31.5. The molecule has 0 aliphatic heterocycles. The summed E-state index contributed by atoms with van der Waals surface area (Å²) in [5.41, 5.74) is 5.15.